The van der Waals surface area contributed by atoms with Crippen LogP contribution in [-0.2, 0) is 4.74 Å². The van der Waals surface area contributed by atoms with Crippen LogP contribution in [0.2, 0.25) is 0 Å². The summed E-state index contributed by atoms with van der Waals surface area (Å²) in [6, 6.07) is 0.430. The van der Waals surface area contributed by atoms with E-state index >= 15 is 0 Å². The van der Waals surface area contributed by atoms with Crippen molar-refractivity contribution in [3.05, 3.63) is 0 Å². The molecule has 0 aliphatic carbocycles. The summed E-state index contributed by atoms with van der Waals surface area (Å²) < 4.78 is 6.21. The molecule has 0 amide bonds. The maximum absolute atomic E-state index is 6.21. The molecule has 1 fully saturated rings. The molecule has 0 aromatic carbocycles. The standard InChI is InChI=1S/C15H30N2OS/c1-11(2)10-17(8-7-13(16)19)12-9-14(3,4)18-15(12,5)6/h11-12H,7-10H2,1-6H3,(H2,16,19). The molecule has 0 spiro atoms. The molecule has 0 saturated carbocycles. The van der Waals surface area contributed by atoms with E-state index in [0.717, 1.165) is 25.9 Å². The predicted molar refractivity (Wildman–Crippen MR) is 85.5 cm³/mol. The number of hydrogen-bond acceptors (Lipinski definition) is 3. The van der Waals surface area contributed by atoms with Crippen molar-refractivity contribution < 1.29 is 4.74 Å². The Morgan fingerprint density at radius 3 is 2.32 bits per heavy atom. The van der Waals surface area contributed by atoms with Crippen LogP contribution in [0.1, 0.15) is 54.4 Å². The highest BCUT2D eigenvalue weighted by molar-refractivity contribution is 7.80. The summed E-state index contributed by atoms with van der Waals surface area (Å²) in [4.78, 5) is 3.11. The van der Waals surface area contributed by atoms with Gasteiger partial charge in [0.15, 0.2) is 0 Å². The summed E-state index contributed by atoms with van der Waals surface area (Å²) in [6.07, 6.45) is 1.85. The quantitative estimate of drug-likeness (QED) is 0.762. The van der Waals surface area contributed by atoms with Crippen LogP contribution in [0, 0.1) is 5.92 Å². The fourth-order valence-corrected chi connectivity index (χ4v) is 3.29. The van der Waals surface area contributed by atoms with E-state index in [-0.39, 0.29) is 11.2 Å². The van der Waals surface area contributed by atoms with Crippen LogP contribution in [0.25, 0.3) is 0 Å². The van der Waals surface area contributed by atoms with Crippen LogP contribution in [0.4, 0.5) is 0 Å². The fourth-order valence-electron chi connectivity index (χ4n) is 3.20. The smallest absolute Gasteiger partial charge is 0.0789 e. The molecule has 1 aliphatic heterocycles. The third-order valence-corrected chi connectivity index (χ3v) is 3.92. The maximum atomic E-state index is 6.21. The monoisotopic (exact) mass is 286 g/mol. The van der Waals surface area contributed by atoms with Crippen molar-refractivity contribution in [3.63, 3.8) is 0 Å². The molecule has 112 valence electrons. The first-order valence-electron chi connectivity index (χ1n) is 7.26. The molecule has 3 nitrogen and oxygen atoms in total. The average Bonchev–Trinajstić information content (AvgIpc) is 2.40. The van der Waals surface area contributed by atoms with E-state index in [1.807, 2.05) is 0 Å². The van der Waals surface area contributed by atoms with Gasteiger partial charge in [-0.2, -0.15) is 0 Å². The van der Waals surface area contributed by atoms with Gasteiger partial charge in [-0.15, -0.1) is 0 Å². The van der Waals surface area contributed by atoms with Crippen LogP contribution >= 0.6 is 12.2 Å². The van der Waals surface area contributed by atoms with Crippen LogP contribution < -0.4 is 5.73 Å². The molecular weight excluding hydrogens is 256 g/mol. The summed E-state index contributed by atoms with van der Waals surface area (Å²) >= 11 is 5.02. The predicted octanol–water partition coefficient (Wildman–Crippen LogP) is 2.97. The Hall–Kier alpha value is -0.190. The Bertz CT molecular complexity index is 326. The minimum Gasteiger partial charge on any atom is -0.393 e. The van der Waals surface area contributed by atoms with E-state index in [4.69, 9.17) is 22.7 Å². The summed E-state index contributed by atoms with van der Waals surface area (Å²) in [5.74, 6) is 0.630. The zero-order valence-corrected chi connectivity index (χ0v) is 14.1. The number of thiocarbonyl (C=S) groups is 1. The highest BCUT2D eigenvalue weighted by atomic mass is 32.1. The van der Waals surface area contributed by atoms with E-state index in [0.29, 0.717) is 16.9 Å². The third-order valence-electron chi connectivity index (χ3n) is 3.71. The van der Waals surface area contributed by atoms with Crippen molar-refractivity contribution in [1.29, 1.82) is 0 Å². The van der Waals surface area contributed by atoms with Crippen LogP contribution in [0.15, 0.2) is 0 Å². The van der Waals surface area contributed by atoms with Gasteiger partial charge in [0, 0.05) is 25.6 Å². The molecule has 1 atom stereocenters. The number of rotatable bonds is 6. The average molecular weight is 286 g/mol. The van der Waals surface area contributed by atoms with Gasteiger partial charge in [-0.05, 0) is 40.0 Å². The minimum atomic E-state index is -0.116. The third kappa shape index (κ3) is 5.01. The van der Waals surface area contributed by atoms with Gasteiger partial charge in [-0.3, -0.25) is 4.90 Å². The lowest BCUT2D eigenvalue weighted by molar-refractivity contribution is -0.0810. The van der Waals surface area contributed by atoms with Crippen molar-refractivity contribution in [2.75, 3.05) is 13.1 Å². The van der Waals surface area contributed by atoms with E-state index in [2.05, 4.69) is 46.4 Å². The molecule has 4 heteroatoms. The summed E-state index contributed by atoms with van der Waals surface area (Å²) in [5, 5.41) is 0. The molecular formula is C15H30N2OS. The molecule has 1 heterocycles. The molecule has 19 heavy (non-hydrogen) atoms. The molecule has 0 radical (unpaired) electrons. The van der Waals surface area contributed by atoms with Crippen molar-refractivity contribution >= 4 is 17.2 Å². The summed E-state index contributed by atoms with van der Waals surface area (Å²) in [6.45, 7) is 15.2. The number of nitrogens with two attached hydrogens (primary N) is 1. The van der Waals surface area contributed by atoms with Gasteiger partial charge in [0.1, 0.15) is 0 Å². The van der Waals surface area contributed by atoms with Crippen molar-refractivity contribution in [2.24, 2.45) is 11.7 Å². The number of hydrogen-bond donors (Lipinski definition) is 1. The normalized spacial score (nSPS) is 25.2. The highest BCUT2D eigenvalue weighted by Crippen LogP contribution is 2.40. The van der Waals surface area contributed by atoms with Gasteiger partial charge < -0.3 is 10.5 Å². The van der Waals surface area contributed by atoms with E-state index in [1.54, 1.807) is 0 Å². The first-order valence-corrected chi connectivity index (χ1v) is 7.67. The van der Waals surface area contributed by atoms with Gasteiger partial charge in [0.25, 0.3) is 0 Å². The summed E-state index contributed by atoms with van der Waals surface area (Å²) in [7, 11) is 0. The van der Waals surface area contributed by atoms with Gasteiger partial charge in [-0.1, -0.05) is 26.1 Å². The van der Waals surface area contributed by atoms with Gasteiger partial charge in [0.2, 0.25) is 0 Å². The van der Waals surface area contributed by atoms with Gasteiger partial charge >= 0.3 is 0 Å². The van der Waals surface area contributed by atoms with E-state index in [1.165, 1.54) is 0 Å². The lowest BCUT2D eigenvalue weighted by atomic mass is 9.92. The van der Waals surface area contributed by atoms with Crippen molar-refractivity contribution in [1.82, 2.24) is 4.90 Å². The Labute approximate surface area is 123 Å². The molecule has 1 rings (SSSR count). The largest absolute Gasteiger partial charge is 0.393 e. The molecule has 2 N–H and O–H groups in total. The Morgan fingerprint density at radius 1 is 1.37 bits per heavy atom. The van der Waals surface area contributed by atoms with Crippen molar-refractivity contribution in [3.8, 4) is 0 Å². The lowest BCUT2D eigenvalue weighted by Crippen LogP contribution is -2.48. The second kappa shape index (κ2) is 6.06. The number of ether oxygens (including phenoxy) is 1. The molecule has 0 bridgehead atoms. The Balaban J connectivity index is 2.81. The second-order valence-corrected chi connectivity index (χ2v) is 7.81. The van der Waals surface area contributed by atoms with Crippen LogP contribution in [-0.4, -0.2) is 40.2 Å². The maximum Gasteiger partial charge on any atom is 0.0789 e. The molecule has 1 aliphatic rings. The first kappa shape index (κ1) is 16.9. The summed E-state index contributed by atoms with van der Waals surface area (Å²) in [5.41, 5.74) is 5.50. The molecule has 0 aromatic heterocycles. The van der Waals surface area contributed by atoms with E-state index < -0.39 is 0 Å². The van der Waals surface area contributed by atoms with Gasteiger partial charge in [0.05, 0.1) is 16.2 Å². The Morgan fingerprint density at radius 2 is 1.95 bits per heavy atom. The zero-order chi connectivity index (χ0) is 14.8. The molecule has 0 aromatic rings. The van der Waals surface area contributed by atoms with E-state index in [9.17, 15) is 0 Å². The zero-order valence-electron chi connectivity index (χ0n) is 13.3. The number of nitrogens with zero attached hydrogens (tertiary/aromatic N) is 1. The topological polar surface area (TPSA) is 38.5 Å². The highest BCUT2D eigenvalue weighted by Gasteiger charge is 2.48. The lowest BCUT2D eigenvalue weighted by Gasteiger charge is -2.37. The first-order chi connectivity index (χ1) is 8.53. The Kier molecular flexibility index (Phi) is 5.38. The van der Waals surface area contributed by atoms with Crippen LogP contribution in [0.3, 0.4) is 0 Å². The van der Waals surface area contributed by atoms with Gasteiger partial charge in [-0.25, -0.2) is 0 Å². The molecule has 1 unspecified atom stereocenters. The minimum absolute atomic E-state index is 0.0490. The fraction of sp³-hybridized carbons (Fsp3) is 0.933. The second-order valence-electron chi connectivity index (χ2n) is 7.29. The van der Waals surface area contributed by atoms with Crippen LogP contribution in [0.5, 0.6) is 0 Å². The SMILES string of the molecule is CC(C)CN(CCC(N)=S)C1CC(C)(C)OC1(C)C. The van der Waals surface area contributed by atoms with Crippen molar-refractivity contribution in [2.45, 2.75) is 71.6 Å². The molecule has 1 saturated heterocycles.